The molecule has 0 fully saturated rings. The second kappa shape index (κ2) is 7.35. The van der Waals surface area contributed by atoms with Crippen molar-refractivity contribution in [2.24, 2.45) is 0 Å². The van der Waals surface area contributed by atoms with Crippen molar-refractivity contribution >= 4 is 11.6 Å². The lowest BCUT2D eigenvalue weighted by molar-refractivity contribution is -0.385. The predicted octanol–water partition coefficient (Wildman–Crippen LogP) is 3.51. The summed E-state index contributed by atoms with van der Waals surface area (Å²) in [4.78, 5) is 27.6. The number of pyridine rings is 1. The van der Waals surface area contributed by atoms with Crippen molar-refractivity contribution in [2.75, 3.05) is 0 Å². The van der Waals surface area contributed by atoms with Gasteiger partial charge in [0, 0.05) is 12.3 Å². The van der Waals surface area contributed by atoms with E-state index in [0.717, 1.165) is 5.56 Å². The second-order valence-electron chi connectivity index (χ2n) is 5.35. The summed E-state index contributed by atoms with van der Waals surface area (Å²) >= 11 is 0. The molecule has 1 aromatic heterocycles. The number of nitrogens with zero attached hydrogens (tertiary/aromatic N) is 2. The zero-order valence-electron chi connectivity index (χ0n) is 13.2. The number of nitrogens with one attached hydrogen (secondary N) is 1. The Morgan fingerprint density at radius 2 is 1.64 bits per heavy atom. The Morgan fingerprint density at radius 1 is 0.960 bits per heavy atom. The van der Waals surface area contributed by atoms with Gasteiger partial charge in [-0.3, -0.25) is 19.9 Å². The molecule has 1 amide bonds. The van der Waals surface area contributed by atoms with E-state index in [1.165, 1.54) is 18.2 Å². The SMILES string of the molecule is O=C(N[C@H](c1ccccc1)c1ccccn1)c1ccccc1[N+](=O)[O-]. The first-order valence-corrected chi connectivity index (χ1v) is 7.67. The maximum Gasteiger partial charge on any atom is 0.282 e. The minimum Gasteiger partial charge on any atom is -0.339 e. The molecule has 25 heavy (non-hydrogen) atoms. The van der Waals surface area contributed by atoms with Crippen LogP contribution in [0, 0.1) is 10.1 Å². The molecule has 6 nitrogen and oxygen atoms in total. The Labute approximate surface area is 144 Å². The lowest BCUT2D eigenvalue weighted by Gasteiger charge is -2.19. The van der Waals surface area contributed by atoms with Crippen LogP contribution in [-0.4, -0.2) is 15.8 Å². The maximum absolute atomic E-state index is 12.7. The average molecular weight is 333 g/mol. The number of nitro benzene ring substituents is 1. The Balaban J connectivity index is 1.97. The summed E-state index contributed by atoms with van der Waals surface area (Å²) in [6.45, 7) is 0. The van der Waals surface area contributed by atoms with Gasteiger partial charge in [0.2, 0.25) is 0 Å². The largest absolute Gasteiger partial charge is 0.339 e. The number of benzene rings is 2. The van der Waals surface area contributed by atoms with Crippen molar-refractivity contribution in [2.45, 2.75) is 6.04 Å². The molecule has 1 heterocycles. The van der Waals surface area contributed by atoms with Crippen LogP contribution < -0.4 is 5.32 Å². The average Bonchev–Trinajstić information content (AvgIpc) is 2.67. The van der Waals surface area contributed by atoms with E-state index in [1.54, 1.807) is 24.4 Å². The summed E-state index contributed by atoms with van der Waals surface area (Å²) in [6.07, 6.45) is 1.64. The number of rotatable bonds is 5. The second-order valence-corrected chi connectivity index (χ2v) is 5.35. The summed E-state index contributed by atoms with van der Waals surface area (Å²) in [5.41, 5.74) is 1.28. The fourth-order valence-corrected chi connectivity index (χ4v) is 2.55. The third-order valence-electron chi connectivity index (χ3n) is 3.74. The molecule has 2 aromatic carbocycles. The van der Waals surface area contributed by atoms with Crippen LogP contribution in [-0.2, 0) is 0 Å². The topological polar surface area (TPSA) is 85.1 Å². The van der Waals surface area contributed by atoms with Crippen LogP contribution in [0.1, 0.15) is 27.7 Å². The third kappa shape index (κ3) is 3.69. The highest BCUT2D eigenvalue weighted by molar-refractivity contribution is 5.98. The first-order valence-electron chi connectivity index (χ1n) is 7.67. The number of nitro groups is 1. The van der Waals surface area contributed by atoms with E-state index >= 15 is 0 Å². The highest BCUT2D eigenvalue weighted by Crippen LogP contribution is 2.23. The molecule has 1 atom stereocenters. The smallest absolute Gasteiger partial charge is 0.282 e. The van der Waals surface area contributed by atoms with E-state index in [9.17, 15) is 14.9 Å². The molecular weight excluding hydrogens is 318 g/mol. The predicted molar refractivity (Wildman–Crippen MR) is 93.1 cm³/mol. The van der Waals surface area contributed by atoms with Gasteiger partial charge in [-0.15, -0.1) is 0 Å². The molecule has 0 saturated heterocycles. The molecule has 0 aliphatic heterocycles. The minimum absolute atomic E-state index is 0.0179. The number of aromatic nitrogens is 1. The first-order chi connectivity index (χ1) is 12.2. The third-order valence-corrected chi connectivity index (χ3v) is 3.74. The monoisotopic (exact) mass is 333 g/mol. The molecule has 3 rings (SSSR count). The van der Waals surface area contributed by atoms with Gasteiger partial charge < -0.3 is 5.32 Å². The summed E-state index contributed by atoms with van der Waals surface area (Å²) in [7, 11) is 0. The van der Waals surface area contributed by atoms with Crippen molar-refractivity contribution < 1.29 is 9.72 Å². The Kier molecular flexibility index (Phi) is 4.80. The molecule has 0 saturated carbocycles. The van der Waals surface area contributed by atoms with Crippen molar-refractivity contribution in [1.29, 1.82) is 0 Å². The van der Waals surface area contributed by atoms with Gasteiger partial charge in [0.15, 0.2) is 0 Å². The summed E-state index contributed by atoms with van der Waals surface area (Å²) in [5.74, 6) is -0.521. The zero-order chi connectivity index (χ0) is 17.6. The van der Waals surface area contributed by atoms with Crippen molar-refractivity contribution in [3.05, 3.63) is 106 Å². The van der Waals surface area contributed by atoms with Crippen molar-refractivity contribution in [1.82, 2.24) is 10.3 Å². The molecule has 0 bridgehead atoms. The van der Waals surface area contributed by atoms with Crippen molar-refractivity contribution in [3.8, 4) is 0 Å². The fraction of sp³-hybridized carbons (Fsp3) is 0.0526. The zero-order valence-corrected chi connectivity index (χ0v) is 13.2. The lowest BCUT2D eigenvalue weighted by atomic mass is 10.0. The molecule has 6 heteroatoms. The van der Waals surface area contributed by atoms with Gasteiger partial charge >= 0.3 is 0 Å². The highest BCUT2D eigenvalue weighted by atomic mass is 16.6. The number of hydrogen-bond donors (Lipinski definition) is 1. The Hall–Kier alpha value is -3.54. The quantitative estimate of drug-likeness (QED) is 0.572. The fourth-order valence-electron chi connectivity index (χ4n) is 2.55. The maximum atomic E-state index is 12.7. The van der Waals surface area contributed by atoms with Crippen LogP contribution in [0.25, 0.3) is 0 Å². The van der Waals surface area contributed by atoms with Crippen molar-refractivity contribution in [3.63, 3.8) is 0 Å². The van der Waals surface area contributed by atoms with Crippen LogP contribution in [0.5, 0.6) is 0 Å². The molecular formula is C19H15N3O3. The summed E-state index contributed by atoms with van der Waals surface area (Å²) in [6, 6.07) is 20.1. The van der Waals surface area contributed by atoms with Gasteiger partial charge in [-0.1, -0.05) is 48.5 Å². The standard InChI is InChI=1S/C19H15N3O3/c23-19(15-10-4-5-12-17(15)22(24)25)21-18(14-8-2-1-3-9-14)16-11-6-7-13-20-16/h1-13,18H,(H,21,23)/t18-/m1/s1. The number of amides is 1. The van der Waals surface area contributed by atoms with E-state index in [2.05, 4.69) is 10.3 Å². The van der Waals surface area contributed by atoms with Crippen LogP contribution >= 0.6 is 0 Å². The number of carbonyl (C=O) groups excluding carboxylic acids is 1. The first kappa shape index (κ1) is 16.3. The summed E-state index contributed by atoms with van der Waals surface area (Å²) < 4.78 is 0. The van der Waals surface area contributed by atoms with Crippen LogP contribution in [0.15, 0.2) is 79.0 Å². The molecule has 0 radical (unpaired) electrons. The van der Waals surface area contributed by atoms with Gasteiger partial charge in [0.05, 0.1) is 16.7 Å². The summed E-state index contributed by atoms with van der Waals surface area (Å²) in [5, 5.41) is 14.0. The van der Waals surface area contributed by atoms with Crippen LogP contribution in [0.4, 0.5) is 5.69 Å². The van der Waals surface area contributed by atoms with E-state index in [1.807, 2.05) is 36.4 Å². The number of carbonyl (C=O) groups is 1. The normalized spacial score (nSPS) is 11.5. The molecule has 3 aromatic rings. The molecule has 1 N–H and O–H groups in total. The van der Waals surface area contributed by atoms with Gasteiger partial charge in [0.1, 0.15) is 5.56 Å². The van der Waals surface area contributed by atoms with Crippen LogP contribution in [0.2, 0.25) is 0 Å². The minimum atomic E-state index is -0.562. The highest BCUT2D eigenvalue weighted by Gasteiger charge is 2.23. The van der Waals surface area contributed by atoms with Gasteiger partial charge in [-0.25, -0.2) is 0 Å². The Morgan fingerprint density at radius 3 is 2.32 bits per heavy atom. The molecule has 124 valence electrons. The molecule has 0 aliphatic carbocycles. The number of para-hydroxylation sites is 1. The van der Waals surface area contributed by atoms with Gasteiger partial charge in [-0.05, 0) is 23.8 Å². The Bertz CT molecular complexity index is 843. The lowest BCUT2D eigenvalue weighted by Crippen LogP contribution is -2.30. The van der Waals surface area contributed by atoms with E-state index in [4.69, 9.17) is 0 Å². The molecule has 0 unspecified atom stereocenters. The van der Waals surface area contributed by atoms with Gasteiger partial charge in [-0.2, -0.15) is 0 Å². The number of hydrogen-bond acceptors (Lipinski definition) is 4. The van der Waals surface area contributed by atoms with E-state index < -0.39 is 16.9 Å². The van der Waals surface area contributed by atoms with E-state index in [-0.39, 0.29) is 11.3 Å². The van der Waals surface area contributed by atoms with Crippen LogP contribution in [0.3, 0.4) is 0 Å². The van der Waals surface area contributed by atoms with Gasteiger partial charge in [0.25, 0.3) is 11.6 Å². The molecule has 0 aliphatic rings. The van der Waals surface area contributed by atoms with E-state index in [0.29, 0.717) is 5.69 Å². The molecule has 0 spiro atoms.